The van der Waals surface area contributed by atoms with Crippen LogP contribution in [0.3, 0.4) is 0 Å². The molecule has 92 valence electrons. The zero-order valence-electron chi connectivity index (χ0n) is 9.77. The van der Waals surface area contributed by atoms with Crippen LogP contribution < -0.4 is 0 Å². The number of ether oxygens (including phenoxy) is 1. The molecule has 4 heteroatoms. The molecule has 0 fully saturated rings. The fourth-order valence-electron chi connectivity index (χ4n) is 1.88. The predicted molar refractivity (Wildman–Crippen MR) is 70.3 cm³/mol. The minimum atomic E-state index is -0.512. The number of esters is 1. The molecule has 0 amide bonds. The number of fused-ring (bicyclic) bond motifs is 1. The maximum Gasteiger partial charge on any atom is 0.340 e. The molecule has 0 radical (unpaired) electrons. The lowest BCUT2D eigenvalue weighted by molar-refractivity contribution is 0.0529. The molecule has 2 aromatic carbocycles. The number of hydrogen-bond acceptors (Lipinski definition) is 3. The van der Waals surface area contributed by atoms with E-state index in [0.717, 1.165) is 5.39 Å². The van der Waals surface area contributed by atoms with Gasteiger partial charge >= 0.3 is 5.97 Å². The third-order valence-corrected chi connectivity index (χ3v) is 2.95. The Morgan fingerprint density at radius 1 is 1.33 bits per heavy atom. The molecule has 0 atom stereocenters. The summed E-state index contributed by atoms with van der Waals surface area (Å²) < 4.78 is 4.98. The third kappa shape index (κ3) is 2.09. The Kier molecular flexibility index (Phi) is 3.63. The number of halogens is 1. The molecule has 0 saturated heterocycles. The summed E-state index contributed by atoms with van der Waals surface area (Å²) in [5.74, 6) is -0.512. The van der Waals surface area contributed by atoms with Gasteiger partial charge in [0, 0.05) is 10.9 Å². The average molecular weight is 263 g/mol. The predicted octanol–water partition coefficient (Wildman–Crippen LogP) is 3.48. The Bertz CT molecular complexity index is 620. The zero-order chi connectivity index (χ0) is 13.1. The molecular formula is C14H11ClO3. The molecule has 0 N–H and O–H groups in total. The van der Waals surface area contributed by atoms with Crippen molar-refractivity contribution in [1.29, 1.82) is 0 Å². The number of carbonyl (C=O) groups excluding carboxylic acids is 2. The monoisotopic (exact) mass is 262 g/mol. The first-order chi connectivity index (χ1) is 8.69. The fourth-order valence-corrected chi connectivity index (χ4v) is 2.12. The molecule has 3 nitrogen and oxygen atoms in total. The Morgan fingerprint density at radius 3 is 2.78 bits per heavy atom. The molecule has 2 rings (SSSR count). The number of carbonyl (C=O) groups is 2. The smallest absolute Gasteiger partial charge is 0.340 e. The molecule has 0 unspecified atom stereocenters. The Hall–Kier alpha value is -1.87. The molecular weight excluding hydrogens is 252 g/mol. The van der Waals surface area contributed by atoms with Crippen LogP contribution in [0.1, 0.15) is 27.6 Å². The van der Waals surface area contributed by atoms with Gasteiger partial charge in [-0.15, -0.1) is 0 Å². The Balaban J connectivity index is 2.80. The van der Waals surface area contributed by atoms with Gasteiger partial charge in [-0.05, 0) is 18.4 Å². The largest absolute Gasteiger partial charge is 0.462 e. The highest BCUT2D eigenvalue weighted by molar-refractivity contribution is 6.35. The van der Waals surface area contributed by atoms with Crippen LogP contribution in [0.4, 0.5) is 0 Å². The van der Waals surface area contributed by atoms with E-state index in [9.17, 15) is 9.59 Å². The lowest BCUT2D eigenvalue weighted by atomic mass is 10.00. The Morgan fingerprint density at radius 2 is 2.11 bits per heavy atom. The lowest BCUT2D eigenvalue weighted by Crippen LogP contribution is -2.07. The van der Waals surface area contributed by atoms with Crippen LogP contribution in [0.15, 0.2) is 30.3 Å². The van der Waals surface area contributed by atoms with Gasteiger partial charge in [-0.1, -0.05) is 35.9 Å². The van der Waals surface area contributed by atoms with Crippen molar-refractivity contribution in [3.05, 3.63) is 46.5 Å². The van der Waals surface area contributed by atoms with Gasteiger partial charge in [-0.2, -0.15) is 0 Å². The summed E-state index contributed by atoms with van der Waals surface area (Å²) in [6.07, 6.45) is 0.710. The minimum absolute atomic E-state index is 0.249. The van der Waals surface area contributed by atoms with Gasteiger partial charge in [0.2, 0.25) is 0 Å². The molecule has 0 aliphatic rings. The number of benzene rings is 2. The zero-order valence-corrected chi connectivity index (χ0v) is 10.5. The molecule has 0 aliphatic carbocycles. The highest BCUT2D eigenvalue weighted by Gasteiger charge is 2.17. The van der Waals surface area contributed by atoms with Crippen LogP contribution in [-0.2, 0) is 4.74 Å². The van der Waals surface area contributed by atoms with E-state index >= 15 is 0 Å². The Labute approximate surface area is 109 Å². The topological polar surface area (TPSA) is 43.4 Å². The van der Waals surface area contributed by atoms with Crippen LogP contribution in [0.5, 0.6) is 0 Å². The number of hydrogen-bond donors (Lipinski definition) is 0. The average Bonchev–Trinajstić information content (AvgIpc) is 2.38. The van der Waals surface area contributed by atoms with Crippen molar-refractivity contribution in [3.63, 3.8) is 0 Å². The second kappa shape index (κ2) is 5.19. The highest BCUT2D eigenvalue weighted by atomic mass is 35.5. The van der Waals surface area contributed by atoms with E-state index < -0.39 is 5.97 Å². The van der Waals surface area contributed by atoms with E-state index in [1.165, 1.54) is 0 Å². The van der Waals surface area contributed by atoms with E-state index in [2.05, 4.69) is 0 Å². The van der Waals surface area contributed by atoms with Crippen LogP contribution in [0.25, 0.3) is 10.8 Å². The first-order valence-corrected chi connectivity index (χ1v) is 5.90. The minimum Gasteiger partial charge on any atom is -0.462 e. The van der Waals surface area contributed by atoms with Gasteiger partial charge in [-0.25, -0.2) is 4.79 Å². The van der Waals surface area contributed by atoms with Crippen molar-refractivity contribution in [2.75, 3.05) is 6.61 Å². The summed E-state index contributed by atoms with van der Waals surface area (Å²) >= 11 is 6.05. The van der Waals surface area contributed by atoms with Crippen molar-refractivity contribution in [2.24, 2.45) is 0 Å². The second-order valence-electron chi connectivity index (χ2n) is 3.71. The molecule has 0 aromatic heterocycles. The van der Waals surface area contributed by atoms with E-state index in [-0.39, 0.29) is 17.2 Å². The molecule has 0 heterocycles. The van der Waals surface area contributed by atoms with Crippen molar-refractivity contribution < 1.29 is 14.3 Å². The van der Waals surface area contributed by atoms with Gasteiger partial charge in [0.15, 0.2) is 6.29 Å². The van der Waals surface area contributed by atoms with Crippen LogP contribution in [-0.4, -0.2) is 18.9 Å². The van der Waals surface area contributed by atoms with Gasteiger partial charge in [0.1, 0.15) is 0 Å². The van der Waals surface area contributed by atoms with Crippen molar-refractivity contribution in [3.8, 4) is 0 Å². The molecule has 0 spiro atoms. The molecule has 0 bridgehead atoms. The maximum absolute atomic E-state index is 11.9. The van der Waals surface area contributed by atoms with Crippen LogP contribution in [0, 0.1) is 0 Å². The normalized spacial score (nSPS) is 10.3. The number of rotatable bonds is 3. The summed E-state index contributed by atoms with van der Waals surface area (Å²) in [5.41, 5.74) is 0.678. The van der Waals surface area contributed by atoms with Crippen molar-refractivity contribution in [2.45, 2.75) is 6.92 Å². The SMILES string of the molecule is CCOC(=O)c1c(Cl)ccc2cccc(C=O)c12. The summed E-state index contributed by atoms with van der Waals surface area (Å²) in [7, 11) is 0. The van der Waals surface area contributed by atoms with E-state index in [1.807, 2.05) is 6.07 Å². The first kappa shape index (κ1) is 12.6. The summed E-state index contributed by atoms with van der Waals surface area (Å²) in [6, 6.07) is 8.63. The molecule has 2 aromatic rings. The van der Waals surface area contributed by atoms with E-state index in [1.54, 1.807) is 31.2 Å². The maximum atomic E-state index is 11.9. The van der Waals surface area contributed by atoms with Crippen LogP contribution in [0.2, 0.25) is 5.02 Å². The highest BCUT2D eigenvalue weighted by Crippen LogP contribution is 2.29. The summed E-state index contributed by atoms with van der Waals surface area (Å²) in [6.45, 7) is 1.98. The second-order valence-corrected chi connectivity index (χ2v) is 4.11. The van der Waals surface area contributed by atoms with Crippen molar-refractivity contribution in [1.82, 2.24) is 0 Å². The molecule has 0 aliphatic heterocycles. The summed E-state index contributed by atoms with van der Waals surface area (Å²) in [5, 5.41) is 1.61. The fraction of sp³-hybridized carbons (Fsp3) is 0.143. The van der Waals surface area contributed by atoms with E-state index in [0.29, 0.717) is 17.2 Å². The lowest BCUT2D eigenvalue weighted by Gasteiger charge is -2.09. The molecule has 18 heavy (non-hydrogen) atoms. The van der Waals surface area contributed by atoms with Crippen LogP contribution >= 0.6 is 11.6 Å². The van der Waals surface area contributed by atoms with Gasteiger partial charge in [0.05, 0.1) is 17.2 Å². The molecule has 0 saturated carbocycles. The first-order valence-electron chi connectivity index (χ1n) is 5.52. The van der Waals surface area contributed by atoms with Gasteiger partial charge in [0.25, 0.3) is 0 Å². The van der Waals surface area contributed by atoms with E-state index in [4.69, 9.17) is 16.3 Å². The van der Waals surface area contributed by atoms with Gasteiger partial charge < -0.3 is 4.74 Å². The number of aldehydes is 1. The van der Waals surface area contributed by atoms with Gasteiger partial charge in [-0.3, -0.25) is 4.79 Å². The van der Waals surface area contributed by atoms with Crippen molar-refractivity contribution >= 4 is 34.6 Å². The standard InChI is InChI=1S/C14H11ClO3/c1-2-18-14(17)13-11(15)7-6-9-4-3-5-10(8-16)12(9)13/h3-8H,2H2,1H3. The third-order valence-electron chi connectivity index (χ3n) is 2.63. The quantitative estimate of drug-likeness (QED) is 0.628. The summed E-state index contributed by atoms with van der Waals surface area (Å²) in [4.78, 5) is 23.0.